The van der Waals surface area contributed by atoms with E-state index in [1.54, 1.807) is 6.92 Å². The predicted octanol–water partition coefficient (Wildman–Crippen LogP) is 2.08. The fraction of sp³-hybridized carbons (Fsp3) is 0.700. The van der Waals surface area contributed by atoms with Gasteiger partial charge in [0.15, 0.2) is 0 Å². The van der Waals surface area contributed by atoms with Gasteiger partial charge in [0.1, 0.15) is 0 Å². The highest BCUT2D eigenvalue weighted by molar-refractivity contribution is 5.76. The van der Waals surface area contributed by atoms with Crippen LogP contribution in [0.15, 0.2) is 12.7 Å². The number of ether oxygens (including phenoxy) is 1. The summed E-state index contributed by atoms with van der Waals surface area (Å²) in [5, 5.41) is 8.88. The molecule has 0 heterocycles. The number of carboxylic acids is 1. The van der Waals surface area contributed by atoms with Gasteiger partial charge in [-0.25, -0.2) is 0 Å². The van der Waals surface area contributed by atoms with Gasteiger partial charge >= 0.3 is 5.97 Å². The minimum atomic E-state index is -0.820. The van der Waals surface area contributed by atoms with Crippen LogP contribution in [0.2, 0.25) is 0 Å². The second kappa shape index (κ2) is 5.75. The Labute approximate surface area is 79.4 Å². The molecule has 0 bridgehead atoms. The minimum absolute atomic E-state index is 0.575. The lowest BCUT2D eigenvalue weighted by Crippen LogP contribution is -2.25. The van der Waals surface area contributed by atoms with Crippen LogP contribution in [0.3, 0.4) is 0 Å². The first-order chi connectivity index (χ1) is 6.06. The highest BCUT2D eigenvalue weighted by Crippen LogP contribution is 2.24. The molecule has 3 heteroatoms. The first kappa shape index (κ1) is 12.2. The number of carboxylic acid groups (broad SMARTS) is 1. The minimum Gasteiger partial charge on any atom is -0.481 e. The zero-order valence-corrected chi connectivity index (χ0v) is 8.38. The molecule has 3 nitrogen and oxygen atoms in total. The molecule has 13 heavy (non-hydrogen) atoms. The summed E-state index contributed by atoms with van der Waals surface area (Å²) < 4.78 is 5.13. The van der Waals surface area contributed by atoms with E-state index in [2.05, 4.69) is 6.58 Å². The number of carbonyl (C=O) groups is 1. The Morgan fingerprint density at radius 1 is 1.69 bits per heavy atom. The van der Waals surface area contributed by atoms with Gasteiger partial charge in [0.25, 0.3) is 0 Å². The number of aliphatic carboxylic acids is 1. The predicted molar refractivity (Wildman–Crippen MR) is 51.7 cm³/mol. The Balaban J connectivity index is 3.85. The third kappa shape index (κ3) is 4.08. The third-order valence-corrected chi connectivity index (χ3v) is 2.13. The summed E-state index contributed by atoms with van der Waals surface area (Å²) in [6.45, 7) is 8.42. The molecule has 0 spiro atoms. The standard InChI is InChI=1S/C10H18O3/c1-4-10(3,9(11)12)7-6-8-13-5-2/h4H,1,5-8H2,2-3H3,(H,11,12). The lowest BCUT2D eigenvalue weighted by molar-refractivity contribution is -0.145. The van der Waals surface area contributed by atoms with Crippen LogP contribution in [0, 0.1) is 5.41 Å². The average molecular weight is 186 g/mol. The quantitative estimate of drug-likeness (QED) is 0.489. The molecule has 1 atom stereocenters. The summed E-state index contributed by atoms with van der Waals surface area (Å²) in [4.78, 5) is 10.8. The molecular weight excluding hydrogens is 168 g/mol. The molecule has 1 unspecified atom stereocenters. The smallest absolute Gasteiger partial charge is 0.313 e. The maximum atomic E-state index is 10.8. The Morgan fingerprint density at radius 3 is 2.69 bits per heavy atom. The molecular formula is C10H18O3. The van der Waals surface area contributed by atoms with E-state index in [1.807, 2.05) is 6.92 Å². The van der Waals surface area contributed by atoms with Gasteiger partial charge in [-0.2, -0.15) is 0 Å². The van der Waals surface area contributed by atoms with Gasteiger partial charge in [0.05, 0.1) is 5.41 Å². The molecule has 0 amide bonds. The number of rotatable bonds is 7. The monoisotopic (exact) mass is 186 g/mol. The van der Waals surface area contributed by atoms with Crippen LogP contribution in [0.25, 0.3) is 0 Å². The molecule has 0 radical (unpaired) electrons. The van der Waals surface area contributed by atoms with Crippen molar-refractivity contribution in [2.45, 2.75) is 26.7 Å². The van der Waals surface area contributed by atoms with E-state index in [1.165, 1.54) is 6.08 Å². The molecule has 0 aromatic carbocycles. The first-order valence-electron chi connectivity index (χ1n) is 4.51. The Hall–Kier alpha value is -0.830. The van der Waals surface area contributed by atoms with Gasteiger partial charge in [-0.15, -0.1) is 6.58 Å². The second-order valence-electron chi connectivity index (χ2n) is 3.23. The van der Waals surface area contributed by atoms with Crippen LogP contribution in [-0.2, 0) is 9.53 Å². The van der Waals surface area contributed by atoms with E-state index in [9.17, 15) is 4.79 Å². The van der Waals surface area contributed by atoms with Crippen LogP contribution in [-0.4, -0.2) is 24.3 Å². The van der Waals surface area contributed by atoms with Crippen molar-refractivity contribution in [3.63, 3.8) is 0 Å². The van der Waals surface area contributed by atoms with Crippen molar-refractivity contribution in [3.05, 3.63) is 12.7 Å². The molecule has 0 aromatic rings. The molecule has 0 rings (SSSR count). The van der Waals surface area contributed by atoms with E-state index in [-0.39, 0.29) is 0 Å². The summed E-state index contributed by atoms with van der Waals surface area (Å²) in [5.41, 5.74) is -0.808. The Kier molecular flexibility index (Phi) is 5.39. The van der Waals surface area contributed by atoms with E-state index >= 15 is 0 Å². The number of hydrogen-bond donors (Lipinski definition) is 1. The molecule has 0 aliphatic rings. The summed E-state index contributed by atoms with van der Waals surface area (Å²) >= 11 is 0. The Bertz CT molecular complexity index is 177. The van der Waals surface area contributed by atoms with Crippen LogP contribution >= 0.6 is 0 Å². The van der Waals surface area contributed by atoms with Crippen molar-refractivity contribution < 1.29 is 14.6 Å². The highest BCUT2D eigenvalue weighted by Gasteiger charge is 2.28. The van der Waals surface area contributed by atoms with Gasteiger partial charge in [0, 0.05) is 13.2 Å². The Morgan fingerprint density at radius 2 is 2.31 bits per heavy atom. The van der Waals surface area contributed by atoms with E-state index in [0.717, 1.165) is 6.42 Å². The average Bonchev–Trinajstić information content (AvgIpc) is 2.12. The molecule has 0 fully saturated rings. The summed E-state index contributed by atoms with van der Waals surface area (Å²) in [7, 11) is 0. The van der Waals surface area contributed by atoms with Crippen LogP contribution in [0.4, 0.5) is 0 Å². The van der Waals surface area contributed by atoms with E-state index in [0.29, 0.717) is 19.6 Å². The largest absolute Gasteiger partial charge is 0.481 e. The second-order valence-corrected chi connectivity index (χ2v) is 3.23. The van der Waals surface area contributed by atoms with Gasteiger partial charge in [-0.05, 0) is 26.7 Å². The molecule has 0 aromatic heterocycles. The lowest BCUT2D eigenvalue weighted by atomic mass is 9.86. The van der Waals surface area contributed by atoms with Crippen molar-refractivity contribution in [3.8, 4) is 0 Å². The summed E-state index contributed by atoms with van der Waals surface area (Å²) in [6.07, 6.45) is 2.82. The van der Waals surface area contributed by atoms with Gasteiger partial charge in [-0.3, -0.25) is 4.79 Å². The molecule has 0 saturated heterocycles. The van der Waals surface area contributed by atoms with Crippen LogP contribution in [0.1, 0.15) is 26.7 Å². The normalized spacial score (nSPS) is 14.9. The molecule has 0 aliphatic heterocycles. The molecule has 1 N–H and O–H groups in total. The van der Waals surface area contributed by atoms with Crippen molar-refractivity contribution in [1.82, 2.24) is 0 Å². The SMILES string of the molecule is C=CC(C)(CCCOCC)C(=O)O. The maximum Gasteiger partial charge on any atom is 0.313 e. The lowest BCUT2D eigenvalue weighted by Gasteiger charge is -2.19. The van der Waals surface area contributed by atoms with Gasteiger partial charge in [0.2, 0.25) is 0 Å². The fourth-order valence-corrected chi connectivity index (χ4v) is 0.982. The van der Waals surface area contributed by atoms with E-state index < -0.39 is 11.4 Å². The first-order valence-corrected chi connectivity index (χ1v) is 4.51. The van der Waals surface area contributed by atoms with Gasteiger partial charge in [-0.1, -0.05) is 6.08 Å². The van der Waals surface area contributed by atoms with Crippen LogP contribution < -0.4 is 0 Å². The van der Waals surface area contributed by atoms with Crippen LogP contribution in [0.5, 0.6) is 0 Å². The van der Waals surface area contributed by atoms with Crippen molar-refractivity contribution in [2.75, 3.05) is 13.2 Å². The van der Waals surface area contributed by atoms with Crippen molar-refractivity contribution in [2.24, 2.45) is 5.41 Å². The van der Waals surface area contributed by atoms with Crippen molar-refractivity contribution in [1.29, 1.82) is 0 Å². The summed E-state index contributed by atoms with van der Waals surface area (Å²) in [6, 6.07) is 0. The summed E-state index contributed by atoms with van der Waals surface area (Å²) in [5.74, 6) is -0.820. The highest BCUT2D eigenvalue weighted by atomic mass is 16.5. The molecule has 76 valence electrons. The third-order valence-electron chi connectivity index (χ3n) is 2.13. The zero-order valence-electron chi connectivity index (χ0n) is 8.38. The molecule has 0 saturated carbocycles. The number of hydrogen-bond acceptors (Lipinski definition) is 2. The maximum absolute atomic E-state index is 10.8. The van der Waals surface area contributed by atoms with E-state index in [4.69, 9.17) is 9.84 Å². The fourth-order valence-electron chi connectivity index (χ4n) is 0.982. The zero-order chi connectivity index (χ0) is 10.3. The topological polar surface area (TPSA) is 46.5 Å². The molecule has 0 aliphatic carbocycles. The van der Waals surface area contributed by atoms with Gasteiger partial charge < -0.3 is 9.84 Å². The van der Waals surface area contributed by atoms with Crippen molar-refractivity contribution >= 4 is 5.97 Å².